The molecule has 136 valence electrons. The number of halogens is 2. The second-order valence-corrected chi connectivity index (χ2v) is 6.49. The summed E-state index contributed by atoms with van der Waals surface area (Å²) >= 11 is 0. The first-order valence-corrected chi connectivity index (χ1v) is 8.13. The SMILES string of the molecule is CC(C)[C@H](N)C(=O)NCc1ccc(N2CCC(O)CC2)c(F)c1.Cl. The van der Waals surface area contributed by atoms with Crippen molar-refractivity contribution in [2.24, 2.45) is 11.7 Å². The van der Waals surface area contributed by atoms with Crippen LogP contribution in [0.1, 0.15) is 32.3 Å². The molecule has 2 rings (SSSR count). The van der Waals surface area contributed by atoms with E-state index in [0.29, 0.717) is 37.2 Å². The van der Waals surface area contributed by atoms with Crippen molar-refractivity contribution in [1.29, 1.82) is 0 Å². The van der Waals surface area contributed by atoms with Crippen molar-refractivity contribution < 1.29 is 14.3 Å². The normalized spacial score (nSPS) is 16.7. The van der Waals surface area contributed by atoms with Crippen LogP contribution in [0.15, 0.2) is 18.2 Å². The van der Waals surface area contributed by atoms with Crippen molar-refractivity contribution in [2.75, 3.05) is 18.0 Å². The molecule has 0 bridgehead atoms. The number of carbonyl (C=O) groups is 1. The van der Waals surface area contributed by atoms with Crippen LogP contribution >= 0.6 is 12.4 Å². The van der Waals surface area contributed by atoms with Crippen LogP contribution in [0.3, 0.4) is 0 Å². The molecule has 0 radical (unpaired) electrons. The number of aliphatic hydroxyl groups excluding tert-OH is 1. The van der Waals surface area contributed by atoms with Crippen LogP contribution in [-0.2, 0) is 11.3 Å². The van der Waals surface area contributed by atoms with E-state index >= 15 is 0 Å². The Hall–Kier alpha value is -1.37. The predicted octanol–water partition coefficient (Wildman–Crippen LogP) is 1.81. The molecule has 1 aliphatic heterocycles. The van der Waals surface area contributed by atoms with Gasteiger partial charge in [-0.15, -0.1) is 12.4 Å². The summed E-state index contributed by atoms with van der Waals surface area (Å²) in [7, 11) is 0. The molecule has 0 aromatic heterocycles. The summed E-state index contributed by atoms with van der Waals surface area (Å²) in [5, 5.41) is 12.3. The lowest BCUT2D eigenvalue weighted by Gasteiger charge is -2.31. The predicted molar refractivity (Wildman–Crippen MR) is 95.8 cm³/mol. The summed E-state index contributed by atoms with van der Waals surface area (Å²) in [5.41, 5.74) is 7.02. The molecular weight excluding hydrogens is 333 g/mol. The molecule has 1 aromatic rings. The number of nitrogens with two attached hydrogens (primary N) is 1. The molecule has 1 aliphatic rings. The Bertz CT molecular complexity index is 549. The molecule has 0 unspecified atom stereocenters. The van der Waals surface area contributed by atoms with Crippen molar-refractivity contribution >= 4 is 24.0 Å². The number of nitrogens with one attached hydrogen (secondary N) is 1. The molecule has 0 saturated carbocycles. The first kappa shape index (κ1) is 20.7. The molecule has 4 N–H and O–H groups in total. The monoisotopic (exact) mass is 359 g/mol. The molecule has 1 atom stereocenters. The zero-order valence-corrected chi connectivity index (χ0v) is 15.0. The second kappa shape index (κ2) is 9.20. The van der Waals surface area contributed by atoms with E-state index in [1.807, 2.05) is 24.8 Å². The fourth-order valence-electron chi connectivity index (χ4n) is 2.63. The fourth-order valence-corrected chi connectivity index (χ4v) is 2.63. The largest absolute Gasteiger partial charge is 0.393 e. The number of amides is 1. The van der Waals surface area contributed by atoms with Gasteiger partial charge in [0.1, 0.15) is 5.82 Å². The van der Waals surface area contributed by atoms with E-state index in [4.69, 9.17) is 5.73 Å². The molecule has 1 heterocycles. The molecule has 1 aromatic carbocycles. The first-order chi connectivity index (χ1) is 10.9. The second-order valence-electron chi connectivity index (χ2n) is 6.49. The zero-order chi connectivity index (χ0) is 17.0. The maximum Gasteiger partial charge on any atom is 0.237 e. The molecule has 7 heteroatoms. The van der Waals surface area contributed by atoms with Crippen LogP contribution in [0.25, 0.3) is 0 Å². The molecule has 24 heavy (non-hydrogen) atoms. The number of hydrogen-bond donors (Lipinski definition) is 3. The van der Waals surface area contributed by atoms with Crippen molar-refractivity contribution in [3.05, 3.63) is 29.6 Å². The van der Waals surface area contributed by atoms with E-state index < -0.39 is 6.04 Å². The van der Waals surface area contributed by atoms with Gasteiger partial charge >= 0.3 is 0 Å². The Balaban J connectivity index is 0.00000288. The fraction of sp³-hybridized carbons (Fsp3) is 0.588. The quantitative estimate of drug-likeness (QED) is 0.749. The van der Waals surface area contributed by atoms with Crippen molar-refractivity contribution in [3.63, 3.8) is 0 Å². The number of benzene rings is 1. The summed E-state index contributed by atoms with van der Waals surface area (Å²) in [6.07, 6.45) is 1.03. The van der Waals surface area contributed by atoms with Crippen molar-refractivity contribution in [1.82, 2.24) is 5.32 Å². The summed E-state index contributed by atoms with van der Waals surface area (Å²) in [5.74, 6) is -0.473. The Kier molecular flexibility index (Phi) is 7.93. The zero-order valence-electron chi connectivity index (χ0n) is 14.2. The van der Waals surface area contributed by atoms with E-state index in [9.17, 15) is 14.3 Å². The number of piperidine rings is 1. The lowest BCUT2D eigenvalue weighted by Crippen LogP contribution is -2.43. The lowest BCUT2D eigenvalue weighted by atomic mass is 10.0. The summed E-state index contributed by atoms with van der Waals surface area (Å²) < 4.78 is 14.3. The van der Waals surface area contributed by atoms with E-state index in [-0.39, 0.29) is 42.7 Å². The first-order valence-electron chi connectivity index (χ1n) is 8.13. The van der Waals surface area contributed by atoms with Gasteiger partial charge < -0.3 is 21.1 Å². The van der Waals surface area contributed by atoms with Crippen LogP contribution in [0, 0.1) is 11.7 Å². The van der Waals surface area contributed by atoms with E-state index in [1.165, 1.54) is 6.07 Å². The maximum absolute atomic E-state index is 14.3. The van der Waals surface area contributed by atoms with E-state index in [2.05, 4.69) is 5.32 Å². The lowest BCUT2D eigenvalue weighted by molar-refractivity contribution is -0.123. The third kappa shape index (κ3) is 5.33. The van der Waals surface area contributed by atoms with Gasteiger partial charge in [0, 0.05) is 19.6 Å². The summed E-state index contributed by atoms with van der Waals surface area (Å²) in [6.45, 7) is 5.33. The summed E-state index contributed by atoms with van der Waals surface area (Å²) in [6, 6.07) is 4.43. The van der Waals surface area contributed by atoms with Gasteiger partial charge in [-0.05, 0) is 36.5 Å². The number of aliphatic hydroxyl groups is 1. The standard InChI is InChI=1S/C17H26FN3O2.ClH/c1-11(2)16(19)17(23)20-10-12-3-4-15(14(18)9-12)21-7-5-13(22)6-8-21;/h3-4,9,11,13,16,22H,5-8,10,19H2,1-2H3,(H,20,23);1H/t16-;/m0./s1. The molecule has 1 saturated heterocycles. The topological polar surface area (TPSA) is 78.6 Å². The van der Waals surface area contributed by atoms with Crippen LogP contribution in [0.4, 0.5) is 10.1 Å². The van der Waals surface area contributed by atoms with Gasteiger partial charge in [-0.25, -0.2) is 4.39 Å². The van der Waals surface area contributed by atoms with Gasteiger partial charge in [-0.1, -0.05) is 19.9 Å². The highest BCUT2D eigenvalue weighted by atomic mass is 35.5. The smallest absolute Gasteiger partial charge is 0.237 e. The highest BCUT2D eigenvalue weighted by Gasteiger charge is 2.20. The molecule has 0 aliphatic carbocycles. The third-order valence-electron chi connectivity index (χ3n) is 4.30. The van der Waals surface area contributed by atoms with E-state index in [0.717, 1.165) is 0 Å². The van der Waals surface area contributed by atoms with Crippen molar-refractivity contribution in [3.8, 4) is 0 Å². The number of rotatable bonds is 5. The van der Waals surface area contributed by atoms with Gasteiger partial charge in [-0.3, -0.25) is 4.79 Å². The Morgan fingerprint density at radius 1 is 1.42 bits per heavy atom. The maximum atomic E-state index is 14.3. The number of carbonyl (C=O) groups excluding carboxylic acids is 1. The number of nitrogens with zero attached hydrogens (tertiary/aromatic N) is 1. The van der Waals surface area contributed by atoms with Crippen LogP contribution < -0.4 is 16.0 Å². The van der Waals surface area contributed by atoms with Gasteiger partial charge in [-0.2, -0.15) is 0 Å². The molecule has 5 nitrogen and oxygen atoms in total. The Labute approximate surface area is 148 Å². The minimum Gasteiger partial charge on any atom is -0.393 e. The molecular formula is C17H27ClFN3O2. The molecule has 1 fully saturated rings. The third-order valence-corrected chi connectivity index (χ3v) is 4.30. The Morgan fingerprint density at radius 2 is 2.04 bits per heavy atom. The van der Waals surface area contributed by atoms with Gasteiger partial charge in [0.15, 0.2) is 0 Å². The minimum absolute atomic E-state index is 0. The van der Waals surface area contributed by atoms with Crippen LogP contribution in [0.2, 0.25) is 0 Å². The average molecular weight is 360 g/mol. The minimum atomic E-state index is -0.557. The number of hydrogen-bond acceptors (Lipinski definition) is 4. The van der Waals surface area contributed by atoms with Crippen molar-refractivity contribution in [2.45, 2.75) is 45.4 Å². The van der Waals surface area contributed by atoms with Crippen LogP contribution in [-0.4, -0.2) is 36.2 Å². The van der Waals surface area contributed by atoms with Crippen LogP contribution in [0.5, 0.6) is 0 Å². The molecule has 1 amide bonds. The van der Waals surface area contributed by atoms with Gasteiger partial charge in [0.05, 0.1) is 17.8 Å². The summed E-state index contributed by atoms with van der Waals surface area (Å²) in [4.78, 5) is 13.8. The highest BCUT2D eigenvalue weighted by molar-refractivity contribution is 5.85. The molecule has 0 spiro atoms. The highest BCUT2D eigenvalue weighted by Crippen LogP contribution is 2.24. The average Bonchev–Trinajstić information content (AvgIpc) is 2.53. The Morgan fingerprint density at radius 3 is 2.58 bits per heavy atom. The van der Waals surface area contributed by atoms with Gasteiger partial charge in [0.2, 0.25) is 5.91 Å². The van der Waals surface area contributed by atoms with E-state index in [1.54, 1.807) is 6.07 Å². The van der Waals surface area contributed by atoms with Gasteiger partial charge in [0.25, 0.3) is 0 Å². The number of anilines is 1.